The van der Waals surface area contributed by atoms with Gasteiger partial charge in [-0.25, -0.2) is 0 Å². The number of carbonyl (C=O) groups is 1. The van der Waals surface area contributed by atoms with Crippen LogP contribution in [0.25, 0.3) is 0 Å². The summed E-state index contributed by atoms with van der Waals surface area (Å²) in [4.78, 5) is 12.8. The van der Waals surface area contributed by atoms with E-state index in [4.69, 9.17) is 0 Å². The standard InChI is InChI=1S/C14H20N2OS.ClH/c1-18-13-6-4-12(5-7-13)9-16-14(17)10-15-8-11-2-3-11;/h4-7,11,15H,2-3,8-10H2,1H3,(H,16,17);1H. The second-order valence-corrected chi connectivity index (χ2v) is 5.58. The van der Waals surface area contributed by atoms with E-state index in [-0.39, 0.29) is 18.3 Å². The fourth-order valence-corrected chi connectivity index (χ4v) is 2.13. The number of halogens is 1. The Hall–Kier alpha value is -0.710. The molecule has 2 rings (SSSR count). The molecule has 0 aromatic heterocycles. The molecule has 0 heterocycles. The summed E-state index contributed by atoms with van der Waals surface area (Å²) in [7, 11) is 0. The summed E-state index contributed by atoms with van der Waals surface area (Å²) in [5.41, 5.74) is 1.14. The van der Waals surface area contributed by atoms with Crippen molar-refractivity contribution < 1.29 is 4.79 Å². The highest BCUT2D eigenvalue weighted by atomic mass is 35.5. The van der Waals surface area contributed by atoms with E-state index in [1.165, 1.54) is 17.7 Å². The Morgan fingerprint density at radius 3 is 2.58 bits per heavy atom. The Morgan fingerprint density at radius 1 is 1.32 bits per heavy atom. The summed E-state index contributed by atoms with van der Waals surface area (Å²) in [6.07, 6.45) is 4.69. The predicted octanol–water partition coefficient (Wildman–Crippen LogP) is 2.45. The van der Waals surface area contributed by atoms with Crippen molar-refractivity contribution >= 4 is 30.1 Å². The molecule has 0 spiro atoms. The minimum absolute atomic E-state index is 0. The number of carbonyl (C=O) groups excluding carboxylic acids is 1. The van der Waals surface area contributed by atoms with Gasteiger partial charge in [-0.2, -0.15) is 0 Å². The molecule has 1 aliphatic carbocycles. The van der Waals surface area contributed by atoms with Crippen LogP contribution in [0.4, 0.5) is 0 Å². The van der Waals surface area contributed by atoms with Crippen molar-refractivity contribution in [3.63, 3.8) is 0 Å². The molecule has 0 atom stereocenters. The second kappa shape index (κ2) is 8.46. The number of nitrogens with one attached hydrogen (secondary N) is 2. The van der Waals surface area contributed by atoms with E-state index in [9.17, 15) is 4.79 Å². The van der Waals surface area contributed by atoms with E-state index >= 15 is 0 Å². The van der Waals surface area contributed by atoms with Gasteiger partial charge < -0.3 is 10.6 Å². The zero-order valence-corrected chi connectivity index (χ0v) is 12.8. The Balaban J connectivity index is 0.00000180. The first-order valence-corrected chi connectivity index (χ1v) is 7.61. The summed E-state index contributed by atoms with van der Waals surface area (Å²) in [6, 6.07) is 8.28. The van der Waals surface area contributed by atoms with Crippen LogP contribution < -0.4 is 10.6 Å². The molecule has 106 valence electrons. The van der Waals surface area contributed by atoms with Crippen LogP contribution in [0.2, 0.25) is 0 Å². The minimum Gasteiger partial charge on any atom is -0.351 e. The van der Waals surface area contributed by atoms with E-state index in [0.717, 1.165) is 18.0 Å². The van der Waals surface area contributed by atoms with E-state index in [1.807, 2.05) is 0 Å². The highest BCUT2D eigenvalue weighted by molar-refractivity contribution is 7.98. The number of amides is 1. The lowest BCUT2D eigenvalue weighted by Crippen LogP contribution is -2.34. The zero-order valence-electron chi connectivity index (χ0n) is 11.1. The number of hydrogen-bond donors (Lipinski definition) is 2. The first-order valence-electron chi connectivity index (χ1n) is 6.38. The fourth-order valence-electron chi connectivity index (χ4n) is 1.72. The molecule has 2 N–H and O–H groups in total. The Labute approximate surface area is 125 Å². The summed E-state index contributed by atoms with van der Waals surface area (Å²) >= 11 is 1.72. The normalized spacial score (nSPS) is 13.7. The van der Waals surface area contributed by atoms with Gasteiger partial charge in [0.15, 0.2) is 0 Å². The van der Waals surface area contributed by atoms with E-state index in [2.05, 4.69) is 41.2 Å². The zero-order chi connectivity index (χ0) is 12.8. The Bertz CT molecular complexity index is 393. The van der Waals surface area contributed by atoms with Crippen molar-refractivity contribution in [3.05, 3.63) is 29.8 Å². The molecule has 0 saturated heterocycles. The van der Waals surface area contributed by atoms with Crippen LogP contribution in [0.1, 0.15) is 18.4 Å². The van der Waals surface area contributed by atoms with E-state index in [0.29, 0.717) is 13.1 Å². The van der Waals surface area contributed by atoms with Crippen molar-refractivity contribution in [1.82, 2.24) is 10.6 Å². The number of rotatable bonds is 7. The maximum absolute atomic E-state index is 11.6. The van der Waals surface area contributed by atoms with Crippen LogP contribution in [0.15, 0.2) is 29.2 Å². The third kappa shape index (κ3) is 6.32. The van der Waals surface area contributed by atoms with Gasteiger partial charge in [-0.1, -0.05) is 12.1 Å². The highest BCUT2D eigenvalue weighted by Gasteiger charge is 2.20. The van der Waals surface area contributed by atoms with Gasteiger partial charge in [0.2, 0.25) is 5.91 Å². The van der Waals surface area contributed by atoms with Crippen molar-refractivity contribution in [2.75, 3.05) is 19.3 Å². The molecule has 19 heavy (non-hydrogen) atoms. The monoisotopic (exact) mass is 300 g/mol. The molecular weight excluding hydrogens is 280 g/mol. The van der Waals surface area contributed by atoms with Gasteiger partial charge in [0.05, 0.1) is 6.54 Å². The summed E-state index contributed by atoms with van der Waals surface area (Å²) in [6.45, 7) is 2.02. The number of thioether (sulfide) groups is 1. The molecule has 0 aliphatic heterocycles. The van der Waals surface area contributed by atoms with Crippen molar-refractivity contribution in [3.8, 4) is 0 Å². The smallest absolute Gasteiger partial charge is 0.234 e. The van der Waals surface area contributed by atoms with Crippen molar-refractivity contribution in [2.45, 2.75) is 24.3 Å². The summed E-state index contributed by atoms with van der Waals surface area (Å²) < 4.78 is 0. The number of hydrogen-bond acceptors (Lipinski definition) is 3. The van der Waals surface area contributed by atoms with Crippen molar-refractivity contribution in [1.29, 1.82) is 0 Å². The predicted molar refractivity (Wildman–Crippen MR) is 82.9 cm³/mol. The lowest BCUT2D eigenvalue weighted by atomic mass is 10.2. The quantitative estimate of drug-likeness (QED) is 0.760. The molecule has 1 aliphatic rings. The SMILES string of the molecule is CSc1ccc(CNC(=O)CNCC2CC2)cc1.Cl. The van der Waals surface area contributed by atoms with Gasteiger partial charge in [-0.15, -0.1) is 24.2 Å². The fraction of sp³-hybridized carbons (Fsp3) is 0.500. The first kappa shape index (κ1) is 16.3. The topological polar surface area (TPSA) is 41.1 Å². The third-order valence-corrected chi connectivity index (χ3v) is 3.81. The molecule has 1 amide bonds. The molecule has 0 unspecified atom stereocenters. The molecule has 0 bridgehead atoms. The average molecular weight is 301 g/mol. The largest absolute Gasteiger partial charge is 0.351 e. The molecule has 1 aromatic rings. The lowest BCUT2D eigenvalue weighted by Gasteiger charge is -2.07. The first-order chi connectivity index (χ1) is 8.78. The van der Waals surface area contributed by atoms with Gasteiger partial charge in [-0.3, -0.25) is 4.79 Å². The molecule has 1 aromatic carbocycles. The summed E-state index contributed by atoms with van der Waals surface area (Å²) in [5.74, 6) is 0.890. The van der Waals surface area contributed by atoms with Gasteiger partial charge in [-0.05, 0) is 49.3 Å². The van der Waals surface area contributed by atoms with E-state index < -0.39 is 0 Å². The number of benzene rings is 1. The maximum Gasteiger partial charge on any atom is 0.234 e. The molecule has 3 nitrogen and oxygen atoms in total. The van der Waals surface area contributed by atoms with Crippen LogP contribution >= 0.6 is 24.2 Å². The van der Waals surface area contributed by atoms with Crippen molar-refractivity contribution in [2.24, 2.45) is 5.92 Å². The minimum atomic E-state index is 0. The van der Waals surface area contributed by atoms with Gasteiger partial charge in [0, 0.05) is 11.4 Å². The average Bonchev–Trinajstić information content (AvgIpc) is 3.21. The van der Waals surface area contributed by atoms with Crippen LogP contribution in [0, 0.1) is 5.92 Å². The summed E-state index contributed by atoms with van der Waals surface area (Å²) in [5, 5.41) is 6.11. The van der Waals surface area contributed by atoms with Gasteiger partial charge in [0.1, 0.15) is 0 Å². The highest BCUT2D eigenvalue weighted by Crippen LogP contribution is 2.27. The Kier molecular flexibility index (Phi) is 7.28. The Morgan fingerprint density at radius 2 is 2.00 bits per heavy atom. The van der Waals surface area contributed by atoms with Crippen LogP contribution in [0.5, 0.6) is 0 Å². The van der Waals surface area contributed by atoms with Gasteiger partial charge >= 0.3 is 0 Å². The van der Waals surface area contributed by atoms with Crippen LogP contribution in [-0.4, -0.2) is 25.3 Å². The molecule has 1 fully saturated rings. The maximum atomic E-state index is 11.6. The molecule has 1 saturated carbocycles. The van der Waals surface area contributed by atoms with Crippen LogP contribution in [0.3, 0.4) is 0 Å². The third-order valence-electron chi connectivity index (χ3n) is 3.06. The van der Waals surface area contributed by atoms with E-state index in [1.54, 1.807) is 11.8 Å². The molecule has 0 radical (unpaired) electrons. The molecule has 5 heteroatoms. The van der Waals surface area contributed by atoms with Gasteiger partial charge in [0.25, 0.3) is 0 Å². The lowest BCUT2D eigenvalue weighted by molar-refractivity contribution is -0.120. The van der Waals surface area contributed by atoms with Crippen LogP contribution in [-0.2, 0) is 11.3 Å². The molecular formula is C14H21ClN2OS. The second-order valence-electron chi connectivity index (χ2n) is 4.70.